The Balaban J connectivity index is 3.50. The highest BCUT2D eigenvalue weighted by Crippen LogP contribution is 2.30. The number of nitrogen functional groups attached to an aromatic ring is 1. The lowest BCUT2D eigenvalue weighted by molar-refractivity contribution is 0.469. The molecule has 0 saturated carbocycles. The topological polar surface area (TPSA) is 70.1 Å². The number of nitrogens with two attached hydrogens (primary N) is 1. The van der Waals surface area contributed by atoms with E-state index in [0.29, 0.717) is 10.6 Å². The lowest BCUT2D eigenvalue weighted by Gasteiger charge is -2.09. The van der Waals surface area contributed by atoms with Gasteiger partial charge in [-0.2, -0.15) is 0 Å². The van der Waals surface area contributed by atoms with Crippen molar-refractivity contribution in [2.75, 3.05) is 0 Å². The van der Waals surface area contributed by atoms with Crippen LogP contribution in [0.5, 0.6) is 5.75 Å². The summed E-state index contributed by atoms with van der Waals surface area (Å²) in [5.74, 6) is -0.142. The van der Waals surface area contributed by atoms with Gasteiger partial charge in [-0.1, -0.05) is 11.6 Å². The molecule has 13 heavy (non-hydrogen) atoms. The largest absolute Gasteiger partial charge is 0.507 e. The quantitative estimate of drug-likeness (QED) is 0.477. The van der Waals surface area contributed by atoms with Crippen molar-refractivity contribution in [2.45, 2.75) is 13.8 Å². The lowest BCUT2D eigenvalue weighted by Crippen LogP contribution is -2.12. The third-order valence-corrected chi connectivity index (χ3v) is 2.48. The van der Waals surface area contributed by atoms with Crippen LogP contribution in [0, 0.1) is 19.3 Å². The van der Waals surface area contributed by atoms with E-state index in [9.17, 15) is 5.11 Å². The van der Waals surface area contributed by atoms with Crippen molar-refractivity contribution < 1.29 is 5.11 Å². The van der Waals surface area contributed by atoms with Gasteiger partial charge in [0.2, 0.25) is 0 Å². The van der Waals surface area contributed by atoms with Crippen molar-refractivity contribution in [3.63, 3.8) is 0 Å². The maximum Gasteiger partial charge on any atom is 0.129 e. The Morgan fingerprint density at radius 1 is 1.46 bits per heavy atom. The first-order valence-electron chi connectivity index (χ1n) is 3.78. The van der Waals surface area contributed by atoms with E-state index in [0.717, 1.165) is 5.56 Å². The van der Waals surface area contributed by atoms with Crippen molar-refractivity contribution in [3.8, 4) is 5.75 Å². The van der Waals surface area contributed by atoms with Crippen molar-refractivity contribution in [3.05, 3.63) is 27.8 Å². The molecule has 0 fully saturated rings. The molecule has 0 bridgehead atoms. The Kier molecular flexibility index (Phi) is 2.48. The van der Waals surface area contributed by atoms with Crippen molar-refractivity contribution in [1.82, 2.24) is 0 Å². The van der Waals surface area contributed by atoms with E-state index in [2.05, 4.69) is 0 Å². The van der Waals surface area contributed by atoms with Crippen LogP contribution in [0.25, 0.3) is 0 Å². The minimum absolute atomic E-state index is 0.0365. The number of aromatic hydroxyl groups is 1. The van der Waals surface area contributed by atoms with Gasteiger partial charge in [-0.15, -0.1) is 0 Å². The molecule has 1 rings (SSSR count). The number of halogens is 1. The van der Waals surface area contributed by atoms with E-state index < -0.39 is 0 Å². The zero-order valence-electron chi connectivity index (χ0n) is 7.48. The molecule has 0 atom stereocenters. The summed E-state index contributed by atoms with van der Waals surface area (Å²) in [6, 6.07) is 1.50. The monoisotopic (exact) mass is 198 g/mol. The number of hydrogen-bond donors (Lipinski definition) is 3. The fourth-order valence-corrected chi connectivity index (χ4v) is 1.32. The Morgan fingerprint density at radius 3 is 2.46 bits per heavy atom. The van der Waals surface area contributed by atoms with Crippen LogP contribution in [0.2, 0.25) is 5.02 Å². The van der Waals surface area contributed by atoms with Crippen molar-refractivity contribution in [1.29, 1.82) is 5.41 Å². The highest BCUT2D eigenvalue weighted by molar-refractivity contribution is 6.32. The summed E-state index contributed by atoms with van der Waals surface area (Å²) in [5, 5.41) is 17.3. The van der Waals surface area contributed by atoms with Crippen LogP contribution in [-0.4, -0.2) is 10.9 Å². The van der Waals surface area contributed by atoms with Gasteiger partial charge in [0, 0.05) is 5.02 Å². The number of rotatable bonds is 1. The average Bonchev–Trinajstić information content (AvgIpc) is 2.07. The SMILES string of the molecule is Cc1c(Cl)cc(C(=N)N)c(O)c1C. The summed E-state index contributed by atoms with van der Waals surface area (Å²) >= 11 is 5.87. The van der Waals surface area contributed by atoms with Gasteiger partial charge in [-0.25, -0.2) is 0 Å². The molecule has 70 valence electrons. The van der Waals surface area contributed by atoms with E-state index in [4.69, 9.17) is 22.7 Å². The molecule has 1 aromatic rings. The molecule has 4 N–H and O–H groups in total. The van der Waals surface area contributed by atoms with E-state index in [1.807, 2.05) is 0 Å². The zero-order chi connectivity index (χ0) is 10.2. The third kappa shape index (κ3) is 1.60. The van der Waals surface area contributed by atoms with Crippen LogP contribution < -0.4 is 5.73 Å². The van der Waals surface area contributed by atoms with Gasteiger partial charge in [0.25, 0.3) is 0 Å². The van der Waals surface area contributed by atoms with Gasteiger partial charge in [0.05, 0.1) is 5.56 Å². The number of phenolic OH excluding ortho intramolecular Hbond substituents is 1. The van der Waals surface area contributed by atoms with Gasteiger partial charge in [0.15, 0.2) is 0 Å². The number of amidine groups is 1. The first-order valence-corrected chi connectivity index (χ1v) is 4.16. The molecule has 0 aliphatic carbocycles. The molecule has 0 aliphatic heterocycles. The third-order valence-electron chi connectivity index (χ3n) is 2.09. The second-order valence-electron chi connectivity index (χ2n) is 2.92. The highest BCUT2D eigenvalue weighted by Gasteiger charge is 2.11. The Labute approximate surface area is 81.6 Å². The predicted molar refractivity (Wildman–Crippen MR) is 53.6 cm³/mol. The number of phenols is 1. The maximum atomic E-state index is 9.59. The van der Waals surface area contributed by atoms with Gasteiger partial charge >= 0.3 is 0 Å². The van der Waals surface area contributed by atoms with Gasteiger partial charge in [-0.05, 0) is 31.0 Å². The first-order chi connectivity index (χ1) is 5.95. The van der Waals surface area contributed by atoms with Crippen LogP contribution in [0.4, 0.5) is 0 Å². The molecule has 0 aromatic heterocycles. The van der Waals surface area contributed by atoms with Crippen LogP contribution in [-0.2, 0) is 0 Å². The second kappa shape index (κ2) is 3.26. The maximum absolute atomic E-state index is 9.59. The predicted octanol–water partition coefficient (Wildman–Crippen LogP) is 1.95. The summed E-state index contributed by atoms with van der Waals surface area (Å²) in [5.41, 5.74) is 7.03. The molecule has 4 heteroatoms. The van der Waals surface area contributed by atoms with E-state index in [1.54, 1.807) is 13.8 Å². The summed E-state index contributed by atoms with van der Waals surface area (Å²) in [6.07, 6.45) is 0. The molecule has 0 aliphatic rings. The minimum atomic E-state index is -0.178. The lowest BCUT2D eigenvalue weighted by atomic mass is 10.0. The molecule has 0 spiro atoms. The molecule has 0 radical (unpaired) electrons. The normalized spacial score (nSPS) is 10.1. The first kappa shape index (κ1) is 9.86. The second-order valence-corrected chi connectivity index (χ2v) is 3.33. The summed E-state index contributed by atoms with van der Waals surface area (Å²) in [7, 11) is 0. The van der Waals surface area contributed by atoms with Gasteiger partial charge in [-0.3, -0.25) is 5.41 Å². The smallest absolute Gasteiger partial charge is 0.129 e. The number of benzene rings is 1. The average molecular weight is 199 g/mol. The number of nitrogens with one attached hydrogen (secondary N) is 1. The van der Waals surface area contributed by atoms with Crippen molar-refractivity contribution in [2.24, 2.45) is 5.73 Å². The summed E-state index contributed by atoms with van der Waals surface area (Å²) < 4.78 is 0. The minimum Gasteiger partial charge on any atom is -0.507 e. The molecular weight excluding hydrogens is 188 g/mol. The van der Waals surface area contributed by atoms with E-state index in [-0.39, 0.29) is 17.1 Å². The van der Waals surface area contributed by atoms with E-state index >= 15 is 0 Å². The number of hydrogen-bond acceptors (Lipinski definition) is 2. The summed E-state index contributed by atoms with van der Waals surface area (Å²) in [6.45, 7) is 3.55. The standard InChI is InChI=1S/C9H11ClN2O/c1-4-5(2)8(13)6(9(11)12)3-7(4)10/h3,13H,1-2H3,(H3,11,12). The van der Waals surface area contributed by atoms with Gasteiger partial charge < -0.3 is 10.8 Å². The highest BCUT2D eigenvalue weighted by atomic mass is 35.5. The molecule has 0 heterocycles. The van der Waals surface area contributed by atoms with Crippen LogP contribution in [0.1, 0.15) is 16.7 Å². The Bertz CT molecular complexity index is 374. The van der Waals surface area contributed by atoms with E-state index in [1.165, 1.54) is 6.07 Å². The molecule has 3 nitrogen and oxygen atoms in total. The fourth-order valence-electron chi connectivity index (χ4n) is 1.07. The molecular formula is C9H11ClN2O. The zero-order valence-corrected chi connectivity index (χ0v) is 8.24. The molecule has 1 aromatic carbocycles. The van der Waals surface area contributed by atoms with Crippen molar-refractivity contribution >= 4 is 17.4 Å². The molecule has 0 amide bonds. The Hall–Kier alpha value is -1.22. The van der Waals surface area contributed by atoms with Crippen LogP contribution in [0.3, 0.4) is 0 Å². The van der Waals surface area contributed by atoms with Gasteiger partial charge in [0.1, 0.15) is 11.6 Å². The Morgan fingerprint density at radius 2 is 2.00 bits per heavy atom. The molecule has 0 saturated heterocycles. The molecule has 0 unspecified atom stereocenters. The van der Waals surface area contributed by atoms with Crippen LogP contribution in [0.15, 0.2) is 6.07 Å². The summed E-state index contributed by atoms with van der Waals surface area (Å²) in [4.78, 5) is 0. The fraction of sp³-hybridized carbons (Fsp3) is 0.222. The van der Waals surface area contributed by atoms with Crippen LogP contribution >= 0.6 is 11.6 Å².